The molecule has 3 aromatic heterocycles. The zero-order valence-corrected chi connectivity index (χ0v) is 20.7. The summed E-state index contributed by atoms with van der Waals surface area (Å²) in [6, 6.07) is 11.8. The maximum atomic E-state index is 12.8. The average molecular weight is 499 g/mol. The fourth-order valence-electron chi connectivity index (χ4n) is 3.18. The molecule has 170 valence electrons. The van der Waals surface area contributed by atoms with Crippen LogP contribution in [0.15, 0.2) is 36.4 Å². The van der Waals surface area contributed by atoms with Gasteiger partial charge in [-0.15, -0.1) is 22.7 Å². The number of thiazole rings is 1. The van der Waals surface area contributed by atoms with E-state index in [9.17, 15) is 9.59 Å². The topological polar surface area (TPSA) is 105 Å². The minimum Gasteiger partial charge on any atom is -0.351 e. The predicted octanol–water partition coefficient (Wildman–Crippen LogP) is 4.68. The largest absolute Gasteiger partial charge is 0.351 e. The predicted molar refractivity (Wildman–Crippen MR) is 134 cm³/mol. The molecular weight excluding hydrogens is 476 g/mol. The Kier molecular flexibility index (Phi) is 6.82. The van der Waals surface area contributed by atoms with Crippen LogP contribution in [-0.2, 0) is 22.7 Å². The van der Waals surface area contributed by atoms with Gasteiger partial charge in [-0.1, -0.05) is 29.8 Å². The van der Waals surface area contributed by atoms with Gasteiger partial charge in [-0.3, -0.25) is 19.3 Å². The first-order valence-electron chi connectivity index (χ1n) is 10.1. The van der Waals surface area contributed by atoms with Crippen molar-refractivity contribution in [1.82, 2.24) is 25.1 Å². The summed E-state index contributed by atoms with van der Waals surface area (Å²) < 4.78 is 2.05. The lowest BCUT2D eigenvalue weighted by Crippen LogP contribution is -2.19. The molecule has 0 fully saturated rings. The summed E-state index contributed by atoms with van der Waals surface area (Å²) in [5, 5.41) is 13.3. The van der Waals surface area contributed by atoms with Gasteiger partial charge in [0.25, 0.3) is 0 Å². The number of nitrogens with zero attached hydrogens (tertiary/aromatic N) is 3. The molecule has 0 radical (unpaired) electrons. The van der Waals surface area contributed by atoms with Crippen molar-refractivity contribution in [2.45, 2.75) is 33.9 Å². The third kappa shape index (κ3) is 5.44. The molecule has 0 aliphatic rings. The molecule has 33 heavy (non-hydrogen) atoms. The molecule has 4 rings (SSSR count). The van der Waals surface area contributed by atoms with Crippen LogP contribution in [0.1, 0.15) is 22.2 Å². The van der Waals surface area contributed by atoms with Crippen molar-refractivity contribution in [3.63, 3.8) is 0 Å². The zero-order valence-electron chi connectivity index (χ0n) is 18.3. The van der Waals surface area contributed by atoms with Crippen LogP contribution in [0.25, 0.3) is 22.0 Å². The van der Waals surface area contributed by atoms with Gasteiger partial charge < -0.3 is 10.6 Å². The third-order valence-electron chi connectivity index (χ3n) is 4.82. The highest BCUT2D eigenvalue weighted by atomic mass is 32.1. The Morgan fingerprint density at radius 2 is 1.88 bits per heavy atom. The highest BCUT2D eigenvalue weighted by Crippen LogP contribution is 2.34. The van der Waals surface area contributed by atoms with Crippen molar-refractivity contribution in [3.05, 3.63) is 56.5 Å². The number of hydrogen-bond donors (Lipinski definition) is 3. The minimum absolute atomic E-state index is 0.0202. The Balaban J connectivity index is 1.47. The summed E-state index contributed by atoms with van der Waals surface area (Å²) in [7, 11) is 0. The molecule has 0 bridgehead atoms. The molecule has 1 aromatic carbocycles. The number of amides is 2. The number of thiophene rings is 1. The molecular formula is C22H22N6O2S3. The number of carbonyl (C=O) groups excluding carboxylic acids is 2. The number of hydrogen-bond acceptors (Lipinski definition) is 7. The first kappa shape index (κ1) is 23.0. The van der Waals surface area contributed by atoms with E-state index in [0.29, 0.717) is 22.3 Å². The Bertz CT molecular complexity index is 1360. The van der Waals surface area contributed by atoms with E-state index in [4.69, 9.17) is 12.2 Å². The molecule has 8 nitrogen and oxygen atoms in total. The van der Waals surface area contributed by atoms with E-state index in [1.807, 2.05) is 50.2 Å². The Hall–Kier alpha value is -3.15. The van der Waals surface area contributed by atoms with E-state index in [1.54, 1.807) is 15.9 Å². The second-order valence-corrected chi connectivity index (χ2v) is 10.2. The summed E-state index contributed by atoms with van der Waals surface area (Å²) in [6.45, 7) is 5.98. The number of nitrogens with one attached hydrogen (secondary N) is 3. The number of aryl methyl sites for hydroxylation is 2. The van der Waals surface area contributed by atoms with Gasteiger partial charge in [-0.2, -0.15) is 5.10 Å². The van der Waals surface area contributed by atoms with E-state index < -0.39 is 0 Å². The normalized spacial score (nSPS) is 10.9. The molecule has 0 saturated heterocycles. The lowest BCUT2D eigenvalue weighted by molar-refractivity contribution is -0.119. The van der Waals surface area contributed by atoms with Crippen molar-refractivity contribution in [1.29, 1.82) is 0 Å². The van der Waals surface area contributed by atoms with E-state index in [1.165, 1.54) is 18.3 Å². The fraction of sp³-hybridized carbons (Fsp3) is 0.227. The van der Waals surface area contributed by atoms with E-state index >= 15 is 0 Å². The number of carbonyl (C=O) groups is 2. The zero-order chi connectivity index (χ0) is 23.5. The summed E-state index contributed by atoms with van der Waals surface area (Å²) in [5.74, 6) is 0.304. The van der Waals surface area contributed by atoms with Gasteiger partial charge in [0.05, 0.1) is 17.1 Å². The van der Waals surface area contributed by atoms with E-state index in [-0.39, 0.29) is 18.4 Å². The van der Waals surface area contributed by atoms with Crippen LogP contribution in [0.2, 0.25) is 0 Å². The fourth-order valence-corrected chi connectivity index (χ4v) is 5.28. The summed E-state index contributed by atoms with van der Waals surface area (Å²) >= 11 is 8.32. The lowest BCUT2D eigenvalue weighted by Gasteiger charge is -2.07. The van der Waals surface area contributed by atoms with Crippen LogP contribution < -0.4 is 10.6 Å². The van der Waals surface area contributed by atoms with Crippen molar-refractivity contribution >= 4 is 51.8 Å². The van der Waals surface area contributed by atoms with Gasteiger partial charge in [0, 0.05) is 22.2 Å². The highest BCUT2D eigenvalue weighted by Gasteiger charge is 2.16. The molecule has 0 aliphatic carbocycles. The third-order valence-corrected chi connectivity index (χ3v) is 7.11. The number of aromatic amines is 1. The number of H-pyrrole nitrogens is 1. The molecule has 4 aromatic rings. The number of aromatic nitrogens is 4. The second-order valence-electron chi connectivity index (χ2n) is 7.45. The molecule has 3 N–H and O–H groups in total. The van der Waals surface area contributed by atoms with Crippen molar-refractivity contribution in [2.24, 2.45) is 0 Å². The van der Waals surface area contributed by atoms with Crippen molar-refractivity contribution in [3.8, 4) is 22.0 Å². The van der Waals surface area contributed by atoms with Crippen molar-refractivity contribution < 1.29 is 9.59 Å². The Morgan fingerprint density at radius 3 is 2.61 bits per heavy atom. The molecule has 11 heteroatoms. The number of anilines is 1. The Morgan fingerprint density at radius 1 is 1.12 bits per heavy atom. The number of rotatable bonds is 7. The van der Waals surface area contributed by atoms with Crippen LogP contribution in [0.3, 0.4) is 0 Å². The highest BCUT2D eigenvalue weighted by molar-refractivity contribution is 7.71. The molecule has 3 heterocycles. The SMILES string of the molecule is CC(=O)NCc1ccc(-c2nc(NC(=O)Cn3c(-c4ccc(C)cc4)n[nH]c3=S)sc2C)s1. The van der Waals surface area contributed by atoms with Crippen LogP contribution in [-0.4, -0.2) is 31.6 Å². The summed E-state index contributed by atoms with van der Waals surface area (Å²) in [5.41, 5.74) is 2.84. The monoisotopic (exact) mass is 498 g/mol. The van der Waals surface area contributed by atoms with Gasteiger partial charge in [-0.05, 0) is 38.2 Å². The second kappa shape index (κ2) is 9.77. The lowest BCUT2D eigenvalue weighted by atomic mass is 10.1. The minimum atomic E-state index is -0.237. The van der Waals surface area contributed by atoms with E-state index in [0.717, 1.165) is 31.5 Å². The Labute approximate surface area is 203 Å². The first-order chi connectivity index (χ1) is 15.8. The molecule has 0 aliphatic heterocycles. The number of benzene rings is 1. The van der Waals surface area contributed by atoms with Gasteiger partial charge in [0.15, 0.2) is 15.7 Å². The quantitative estimate of drug-likeness (QED) is 0.321. The molecule has 0 unspecified atom stereocenters. The summed E-state index contributed by atoms with van der Waals surface area (Å²) in [6.07, 6.45) is 0. The smallest absolute Gasteiger partial charge is 0.246 e. The van der Waals surface area contributed by atoms with Crippen LogP contribution in [0, 0.1) is 18.6 Å². The van der Waals surface area contributed by atoms with Gasteiger partial charge in [-0.25, -0.2) is 4.98 Å². The standard InChI is InChI=1S/C22H22N6O2S3/c1-12-4-6-15(7-5-12)20-26-27-22(31)28(20)11-18(30)24-21-25-19(13(2)32-21)17-9-8-16(33-17)10-23-14(3)29/h4-9H,10-11H2,1-3H3,(H,23,29)(H,27,31)(H,24,25,30). The molecule has 0 atom stereocenters. The van der Waals surface area contributed by atoms with Crippen LogP contribution >= 0.6 is 34.9 Å². The van der Waals surface area contributed by atoms with E-state index in [2.05, 4.69) is 25.8 Å². The molecule has 0 spiro atoms. The van der Waals surface area contributed by atoms with Gasteiger partial charge in [0.2, 0.25) is 11.8 Å². The first-order valence-corrected chi connectivity index (χ1v) is 12.2. The van der Waals surface area contributed by atoms with Crippen LogP contribution in [0.5, 0.6) is 0 Å². The van der Waals surface area contributed by atoms with Crippen LogP contribution in [0.4, 0.5) is 5.13 Å². The molecule has 0 saturated carbocycles. The van der Waals surface area contributed by atoms with Gasteiger partial charge >= 0.3 is 0 Å². The average Bonchev–Trinajstić information content (AvgIpc) is 3.47. The van der Waals surface area contributed by atoms with Crippen molar-refractivity contribution in [2.75, 3.05) is 5.32 Å². The summed E-state index contributed by atoms with van der Waals surface area (Å²) in [4.78, 5) is 31.6. The maximum absolute atomic E-state index is 12.8. The van der Waals surface area contributed by atoms with Gasteiger partial charge in [0.1, 0.15) is 6.54 Å². The maximum Gasteiger partial charge on any atom is 0.246 e. The molecule has 2 amide bonds.